The SMILES string of the molecule is C=C(C)Nc1nc2ccc(C(=N)c3c(N)ncnc3NCc3cc4ccccc4c(=O)n3-c3ccccc3C)cc2s1. The first-order chi connectivity index (χ1) is 20.3. The van der Waals surface area contributed by atoms with Gasteiger partial charge in [0.05, 0.1) is 33.7 Å². The maximum absolute atomic E-state index is 13.7. The normalized spacial score (nSPS) is 11.1. The van der Waals surface area contributed by atoms with E-state index in [0.717, 1.165) is 43.4 Å². The van der Waals surface area contributed by atoms with E-state index in [1.54, 1.807) is 4.57 Å². The number of rotatable bonds is 8. The molecule has 3 aromatic heterocycles. The minimum absolute atomic E-state index is 0.104. The highest BCUT2D eigenvalue weighted by Gasteiger charge is 2.19. The average Bonchev–Trinajstić information content (AvgIpc) is 3.37. The Hall–Kier alpha value is -5.35. The molecule has 0 bridgehead atoms. The first-order valence-electron chi connectivity index (χ1n) is 13.3. The summed E-state index contributed by atoms with van der Waals surface area (Å²) >= 11 is 1.48. The molecule has 0 aliphatic heterocycles. The molecule has 0 fully saturated rings. The standard InChI is InChI=1S/C32H28N8OS/c1-18(2)38-32-39-24-13-12-21(15-26(24)42-32)28(33)27-29(34)36-17-37-30(27)35-16-22-14-20-9-5-6-10-23(20)31(41)40(22)25-11-7-4-8-19(25)3/h4-15,17,33H,1,16H2,2-3H3,(H,38,39)(H3,34,35,36,37). The van der Waals surface area contributed by atoms with E-state index >= 15 is 0 Å². The first-order valence-corrected chi connectivity index (χ1v) is 14.1. The van der Waals surface area contributed by atoms with Gasteiger partial charge in [-0.05, 0) is 55.1 Å². The number of aryl methyl sites for hydroxylation is 1. The largest absolute Gasteiger partial charge is 0.383 e. The number of anilines is 3. The minimum Gasteiger partial charge on any atom is -0.383 e. The van der Waals surface area contributed by atoms with Gasteiger partial charge in [0.25, 0.3) is 5.56 Å². The van der Waals surface area contributed by atoms with E-state index in [-0.39, 0.29) is 23.6 Å². The molecule has 6 rings (SSSR count). The number of aromatic nitrogens is 4. The zero-order valence-electron chi connectivity index (χ0n) is 23.1. The molecule has 3 heterocycles. The van der Waals surface area contributed by atoms with Crippen LogP contribution < -0.4 is 21.9 Å². The van der Waals surface area contributed by atoms with Crippen molar-refractivity contribution in [2.45, 2.75) is 20.4 Å². The summed E-state index contributed by atoms with van der Waals surface area (Å²) in [5, 5.41) is 17.8. The second-order valence-electron chi connectivity index (χ2n) is 9.97. The smallest absolute Gasteiger partial charge is 0.263 e. The van der Waals surface area contributed by atoms with Gasteiger partial charge in [0.1, 0.15) is 18.0 Å². The fraction of sp³-hybridized carbons (Fsp3) is 0.0938. The van der Waals surface area contributed by atoms with Gasteiger partial charge in [-0.3, -0.25) is 14.8 Å². The number of nitrogen functional groups attached to an aromatic ring is 1. The first kappa shape index (κ1) is 26.9. The lowest BCUT2D eigenvalue weighted by atomic mass is 10.0. The molecule has 42 heavy (non-hydrogen) atoms. The Morgan fingerprint density at radius 1 is 1.07 bits per heavy atom. The van der Waals surface area contributed by atoms with Gasteiger partial charge < -0.3 is 16.4 Å². The van der Waals surface area contributed by atoms with E-state index in [1.165, 1.54) is 17.7 Å². The van der Waals surface area contributed by atoms with Crippen LogP contribution in [0.1, 0.15) is 29.3 Å². The van der Waals surface area contributed by atoms with Gasteiger partial charge in [-0.15, -0.1) is 0 Å². The zero-order chi connectivity index (χ0) is 29.4. The lowest BCUT2D eigenvalue weighted by Gasteiger charge is -2.18. The van der Waals surface area contributed by atoms with Crippen LogP contribution in [0.3, 0.4) is 0 Å². The Bertz CT molecular complexity index is 2080. The van der Waals surface area contributed by atoms with Crippen LogP contribution in [-0.2, 0) is 6.54 Å². The molecule has 0 aliphatic rings. The van der Waals surface area contributed by atoms with Crippen molar-refractivity contribution in [2.24, 2.45) is 0 Å². The van der Waals surface area contributed by atoms with Crippen LogP contribution in [0.4, 0.5) is 16.8 Å². The predicted molar refractivity (Wildman–Crippen MR) is 172 cm³/mol. The van der Waals surface area contributed by atoms with Gasteiger partial charge >= 0.3 is 0 Å². The number of fused-ring (bicyclic) bond motifs is 2. The second-order valence-corrected chi connectivity index (χ2v) is 11.0. The lowest BCUT2D eigenvalue weighted by molar-refractivity contribution is 0.883. The van der Waals surface area contributed by atoms with E-state index in [2.05, 4.69) is 32.2 Å². The van der Waals surface area contributed by atoms with Crippen LogP contribution in [0.25, 0.3) is 26.7 Å². The fourth-order valence-corrected chi connectivity index (χ4v) is 5.92. The Balaban J connectivity index is 1.38. The van der Waals surface area contributed by atoms with Crippen molar-refractivity contribution in [2.75, 3.05) is 16.4 Å². The number of nitrogens with two attached hydrogens (primary N) is 1. The summed E-state index contributed by atoms with van der Waals surface area (Å²) in [6.07, 6.45) is 1.37. The van der Waals surface area contributed by atoms with Crippen molar-refractivity contribution < 1.29 is 0 Å². The van der Waals surface area contributed by atoms with E-state index in [1.807, 2.05) is 86.6 Å². The van der Waals surface area contributed by atoms with Crippen molar-refractivity contribution in [3.05, 3.63) is 124 Å². The third-order valence-corrected chi connectivity index (χ3v) is 7.85. The Kier molecular flexibility index (Phi) is 6.97. The molecular formula is C32H28N8OS. The number of nitrogens with one attached hydrogen (secondary N) is 3. The van der Waals surface area contributed by atoms with Gasteiger partial charge in [-0.1, -0.05) is 60.4 Å². The molecule has 5 N–H and O–H groups in total. The maximum atomic E-state index is 13.7. The summed E-state index contributed by atoms with van der Waals surface area (Å²) in [7, 11) is 0. The second kappa shape index (κ2) is 10.9. The Labute approximate surface area is 245 Å². The van der Waals surface area contributed by atoms with Gasteiger partial charge in [0, 0.05) is 22.3 Å². The summed E-state index contributed by atoms with van der Waals surface area (Å²) < 4.78 is 2.65. The summed E-state index contributed by atoms with van der Waals surface area (Å²) in [6.45, 7) is 7.99. The molecule has 9 nitrogen and oxygen atoms in total. The number of hydrogen-bond donors (Lipinski definition) is 4. The van der Waals surface area contributed by atoms with E-state index in [4.69, 9.17) is 11.1 Å². The van der Waals surface area contributed by atoms with Crippen LogP contribution in [0.2, 0.25) is 0 Å². The van der Waals surface area contributed by atoms with Crippen LogP contribution in [-0.4, -0.2) is 25.2 Å². The molecule has 0 atom stereocenters. The molecule has 3 aromatic carbocycles. The predicted octanol–water partition coefficient (Wildman–Crippen LogP) is 6.25. The minimum atomic E-state index is -0.104. The Morgan fingerprint density at radius 2 is 1.86 bits per heavy atom. The Morgan fingerprint density at radius 3 is 2.67 bits per heavy atom. The molecule has 0 aliphatic carbocycles. The van der Waals surface area contributed by atoms with Crippen LogP contribution in [0, 0.1) is 12.3 Å². The van der Waals surface area contributed by atoms with Gasteiger partial charge in [-0.2, -0.15) is 0 Å². The number of para-hydroxylation sites is 1. The molecule has 0 unspecified atom stereocenters. The van der Waals surface area contributed by atoms with Gasteiger partial charge in [0.2, 0.25) is 0 Å². The lowest BCUT2D eigenvalue weighted by Crippen LogP contribution is -2.24. The number of allylic oxidation sites excluding steroid dienone is 1. The molecule has 208 valence electrons. The highest BCUT2D eigenvalue weighted by molar-refractivity contribution is 7.22. The number of benzene rings is 3. The zero-order valence-corrected chi connectivity index (χ0v) is 23.9. The van der Waals surface area contributed by atoms with Crippen molar-refractivity contribution in [1.82, 2.24) is 19.5 Å². The van der Waals surface area contributed by atoms with Crippen molar-refractivity contribution in [1.29, 1.82) is 5.41 Å². The third-order valence-electron chi connectivity index (χ3n) is 6.92. The molecule has 0 saturated carbocycles. The molecule has 0 spiro atoms. The maximum Gasteiger partial charge on any atom is 0.263 e. The summed E-state index contributed by atoms with van der Waals surface area (Å²) in [5.41, 5.74) is 11.6. The molecule has 10 heteroatoms. The van der Waals surface area contributed by atoms with E-state index in [0.29, 0.717) is 22.3 Å². The molecule has 6 aromatic rings. The highest BCUT2D eigenvalue weighted by atomic mass is 32.1. The van der Waals surface area contributed by atoms with Crippen LogP contribution >= 0.6 is 11.3 Å². The molecule has 0 amide bonds. The average molecular weight is 573 g/mol. The van der Waals surface area contributed by atoms with Crippen LogP contribution in [0.15, 0.2) is 96.2 Å². The number of thiazole rings is 1. The number of nitrogens with zero attached hydrogens (tertiary/aromatic N) is 4. The summed E-state index contributed by atoms with van der Waals surface area (Å²) in [4.78, 5) is 26.9. The highest BCUT2D eigenvalue weighted by Crippen LogP contribution is 2.30. The third kappa shape index (κ3) is 4.99. The van der Waals surface area contributed by atoms with Crippen molar-refractivity contribution in [3.63, 3.8) is 0 Å². The van der Waals surface area contributed by atoms with Gasteiger partial charge in [-0.25, -0.2) is 15.0 Å². The topological polar surface area (TPSA) is 135 Å². The summed E-state index contributed by atoms with van der Waals surface area (Å²) in [5.74, 6) is 0.583. The number of pyridine rings is 1. The molecule has 0 radical (unpaired) electrons. The number of hydrogen-bond acceptors (Lipinski definition) is 9. The van der Waals surface area contributed by atoms with Crippen molar-refractivity contribution in [3.8, 4) is 5.69 Å². The van der Waals surface area contributed by atoms with Crippen LogP contribution in [0.5, 0.6) is 0 Å². The molecule has 0 saturated heterocycles. The van der Waals surface area contributed by atoms with Crippen molar-refractivity contribution >= 4 is 54.8 Å². The summed E-state index contributed by atoms with van der Waals surface area (Å²) in [6, 6.07) is 23.0. The van der Waals surface area contributed by atoms with E-state index < -0.39 is 0 Å². The monoisotopic (exact) mass is 572 g/mol. The molecular weight excluding hydrogens is 544 g/mol. The van der Waals surface area contributed by atoms with Gasteiger partial charge in [0.15, 0.2) is 5.13 Å². The van der Waals surface area contributed by atoms with E-state index in [9.17, 15) is 4.79 Å². The fourth-order valence-electron chi connectivity index (χ4n) is 4.94. The quantitative estimate of drug-likeness (QED) is 0.158.